The number of carbonyl (C=O) groups excluding carboxylic acids is 2. The van der Waals surface area contributed by atoms with Crippen LogP contribution in [0, 0.1) is 5.82 Å². The second-order valence-electron chi connectivity index (χ2n) is 5.83. The average Bonchev–Trinajstić information content (AvgIpc) is 3.38. The summed E-state index contributed by atoms with van der Waals surface area (Å²) < 4.78 is 40.7. The van der Waals surface area contributed by atoms with E-state index in [0.29, 0.717) is 6.07 Å². The van der Waals surface area contributed by atoms with Crippen LogP contribution < -0.4 is 15.1 Å². The fourth-order valence-corrected chi connectivity index (χ4v) is 3.40. The lowest BCUT2D eigenvalue weighted by Gasteiger charge is -2.13. The van der Waals surface area contributed by atoms with Gasteiger partial charge in [0, 0.05) is 11.6 Å². The first kappa shape index (κ1) is 17.9. The van der Waals surface area contributed by atoms with E-state index in [2.05, 4.69) is 10.0 Å². The van der Waals surface area contributed by atoms with Crippen LogP contribution in [0.2, 0.25) is 0 Å². The zero-order valence-electron chi connectivity index (χ0n) is 13.4. The molecule has 0 saturated heterocycles. The van der Waals surface area contributed by atoms with Gasteiger partial charge in [0.05, 0.1) is 22.1 Å². The number of hydrogen-bond acceptors (Lipinski definition) is 5. The maximum Gasteiger partial charge on any atom is 0.261 e. The van der Waals surface area contributed by atoms with E-state index in [1.165, 1.54) is 12.1 Å². The Morgan fingerprint density at radius 2 is 1.77 bits per heavy atom. The van der Waals surface area contributed by atoms with Crippen LogP contribution >= 0.6 is 0 Å². The number of carbonyl (C=O) groups is 2. The highest BCUT2D eigenvalue weighted by Gasteiger charge is 2.26. The van der Waals surface area contributed by atoms with E-state index < -0.39 is 38.2 Å². The van der Waals surface area contributed by atoms with Gasteiger partial charge < -0.3 is 15.2 Å². The molecule has 2 aromatic carbocycles. The number of hydrogen-bond donors (Lipinski definition) is 2. The molecule has 2 aromatic rings. The van der Waals surface area contributed by atoms with Crippen molar-refractivity contribution in [3.05, 3.63) is 59.4 Å². The number of amides is 1. The van der Waals surface area contributed by atoms with Gasteiger partial charge in [-0.15, -0.1) is 0 Å². The summed E-state index contributed by atoms with van der Waals surface area (Å²) >= 11 is 0. The minimum absolute atomic E-state index is 0.0324. The Morgan fingerprint density at radius 3 is 2.42 bits per heavy atom. The van der Waals surface area contributed by atoms with Gasteiger partial charge in [-0.3, -0.25) is 9.52 Å². The van der Waals surface area contributed by atoms with Crippen molar-refractivity contribution in [2.24, 2.45) is 0 Å². The zero-order valence-corrected chi connectivity index (χ0v) is 14.2. The van der Waals surface area contributed by atoms with E-state index in [-0.39, 0.29) is 17.3 Å². The molecule has 0 heterocycles. The second kappa shape index (κ2) is 6.75. The van der Waals surface area contributed by atoms with Gasteiger partial charge in [-0.2, -0.15) is 0 Å². The lowest BCUT2D eigenvalue weighted by Crippen LogP contribution is -2.27. The van der Waals surface area contributed by atoms with Crippen LogP contribution in [0.1, 0.15) is 33.6 Å². The summed E-state index contributed by atoms with van der Waals surface area (Å²) in [6.45, 7) is 0. The number of halogens is 1. The van der Waals surface area contributed by atoms with Crippen molar-refractivity contribution in [3.63, 3.8) is 0 Å². The van der Waals surface area contributed by atoms with E-state index in [9.17, 15) is 27.5 Å². The minimum atomic E-state index is -4.24. The Labute approximate surface area is 148 Å². The van der Waals surface area contributed by atoms with Crippen molar-refractivity contribution >= 4 is 27.6 Å². The molecule has 3 rings (SSSR count). The third kappa shape index (κ3) is 3.83. The van der Waals surface area contributed by atoms with Crippen LogP contribution in [-0.2, 0) is 10.0 Å². The Hall–Kier alpha value is -2.94. The Kier molecular flexibility index (Phi) is 4.64. The first-order valence-electron chi connectivity index (χ1n) is 7.71. The second-order valence-corrected chi connectivity index (χ2v) is 7.51. The van der Waals surface area contributed by atoms with Crippen molar-refractivity contribution in [1.82, 2.24) is 5.32 Å². The highest BCUT2D eigenvalue weighted by atomic mass is 32.2. The number of carboxylic acids is 1. The Bertz CT molecular complexity index is 986. The van der Waals surface area contributed by atoms with Gasteiger partial charge in [0.25, 0.3) is 15.9 Å². The van der Waals surface area contributed by atoms with Crippen molar-refractivity contribution in [1.29, 1.82) is 0 Å². The van der Waals surface area contributed by atoms with Crippen molar-refractivity contribution in [2.75, 3.05) is 4.72 Å². The van der Waals surface area contributed by atoms with Crippen LogP contribution in [0.5, 0.6) is 0 Å². The van der Waals surface area contributed by atoms with E-state index in [0.717, 1.165) is 25.0 Å². The summed E-state index contributed by atoms with van der Waals surface area (Å²) in [5.41, 5.74) is -0.706. The van der Waals surface area contributed by atoms with Gasteiger partial charge >= 0.3 is 0 Å². The topological polar surface area (TPSA) is 115 Å². The molecule has 1 amide bonds. The highest BCUT2D eigenvalue weighted by molar-refractivity contribution is 7.92. The molecular weight excluding hydrogens is 363 g/mol. The number of rotatable bonds is 6. The third-order valence-corrected chi connectivity index (χ3v) is 5.16. The molecule has 0 aliphatic heterocycles. The fraction of sp³-hybridized carbons (Fsp3) is 0.176. The molecule has 0 atom stereocenters. The largest absolute Gasteiger partial charge is 0.545 e. The first-order chi connectivity index (χ1) is 12.3. The molecule has 2 N–H and O–H groups in total. The van der Waals surface area contributed by atoms with Gasteiger partial charge in [-0.25, -0.2) is 12.8 Å². The summed E-state index contributed by atoms with van der Waals surface area (Å²) in [5, 5.41) is 13.7. The number of para-hydroxylation sites is 1. The van der Waals surface area contributed by atoms with Crippen LogP contribution in [0.4, 0.5) is 10.1 Å². The lowest BCUT2D eigenvalue weighted by atomic mass is 10.1. The monoisotopic (exact) mass is 377 g/mol. The highest BCUT2D eigenvalue weighted by Crippen LogP contribution is 2.24. The smallest absolute Gasteiger partial charge is 0.261 e. The van der Waals surface area contributed by atoms with E-state index in [1.807, 2.05) is 0 Å². The number of nitrogens with one attached hydrogen (secondary N) is 2. The molecule has 0 spiro atoms. The van der Waals surface area contributed by atoms with Gasteiger partial charge in [0.1, 0.15) is 5.82 Å². The summed E-state index contributed by atoms with van der Waals surface area (Å²) in [4.78, 5) is 22.7. The molecule has 0 radical (unpaired) electrons. The fourth-order valence-electron chi connectivity index (χ4n) is 2.29. The van der Waals surface area contributed by atoms with Crippen molar-refractivity contribution < 1.29 is 27.5 Å². The SMILES string of the molecule is O=C([O-])c1cc(S(=O)(=O)Nc2ccccc2C(=O)NC2CC2)ccc1F. The molecule has 7 nitrogen and oxygen atoms in total. The molecule has 26 heavy (non-hydrogen) atoms. The maximum absolute atomic E-state index is 13.4. The Balaban J connectivity index is 1.92. The molecule has 1 saturated carbocycles. The van der Waals surface area contributed by atoms with E-state index in [1.54, 1.807) is 12.1 Å². The van der Waals surface area contributed by atoms with Gasteiger partial charge in [0.15, 0.2) is 0 Å². The zero-order chi connectivity index (χ0) is 18.9. The normalized spacial score (nSPS) is 13.9. The van der Waals surface area contributed by atoms with Crippen LogP contribution in [-0.4, -0.2) is 26.3 Å². The molecule has 136 valence electrons. The molecule has 1 aliphatic rings. The number of benzene rings is 2. The standard InChI is InChI=1S/C17H15FN2O5S/c18-14-8-7-11(9-13(14)17(22)23)26(24,25)20-15-4-2-1-3-12(15)16(21)19-10-5-6-10/h1-4,7-10,20H,5-6H2,(H,19,21)(H,22,23)/p-1. The minimum Gasteiger partial charge on any atom is -0.545 e. The van der Waals surface area contributed by atoms with Gasteiger partial charge in [-0.05, 0) is 43.2 Å². The van der Waals surface area contributed by atoms with Crippen LogP contribution in [0.15, 0.2) is 47.4 Å². The first-order valence-corrected chi connectivity index (χ1v) is 9.20. The average molecular weight is 377 g/mol. The maximum atomic E-state index is 13.4. The van der Waals surface area contributed by atoms with Crippen LogP contribution in [0.25, 0.3) is 0 Å². The number of anilines is 1. The molecule has 0 aromatic heterocycles. The van der Waals surface area contributed by atoms with E-state index in [4.69, 9.17) is 0 Å². The Morgan fingerprint density at radius 1 is 1.08 bits per heavy atom. The van der Waals surface area contributed by atoms with Crippen molar-refractivity contribution in [2.45, 2.75) is 23.8 Å². The predicted octanol–water partition coefficient (Wildman–Crippen LogP) is 0.882. The van der Waals surface area contributed by atoms with Crippen LogP contribution in [0.3, 0.4) is 0 Å². The number of carboxylic acid groups (broad SMARTS) is 1. The van der Waals surface area contributed by atoms with E-state index >= 15 is 0 Å². The molecular formula is C17H14FN2O5S-. The molecule has 0 unspecified atom stereocenters. The summed E-state index contributed by atoms with van der Waals surface area (Å²) in [5.74, 6) is -3.35. The lowest BCUT2D eigenvalue weighted by molar-refractivity contribution is -0.255. The summed E-state index contributed by atoms with van der Waals surface area (Å²) in [6.07, 6.45) is 1.75. The quantitative estimate of drug-likeness (QED) is 0.775. The number of sulfonamides is 1. The molecule has 1 fully saturated rings. The van der Waals surface area contributed by atoms with Gasteiger partial charge in [0.2, 0.25) is 0 Å². The predicted molar refractivity (Wildman–Crippen MR) is 88.5 cm³/mol. The summed E-state index contributed by atoms with van der Waals surface area (Å²) in [6, 6.07) is 8.42. The number of aromatic carboxylic acids is 1. The van der Waals surface area contributed by atoms with Crippen molar-refractivity contribution in [3.8, 4) is 0 Å². The molecule has 0 bridgehead atoms. The summed E-state index contributed by atoms with van der Waals surface area (Å²) in [7, 11) is -4.24. The third-order valence-electron chi connectivity index (χ3n) is 3.80. The molecule has 9 heteroatoms. The van der Waals surface area contributed by atoms with Gasteiger partial charge in [-0.1, -0.05) is 12.1 Å². The molecule has 1 aliphatic carbocycles.